The van der Waals surface area contributed by atoms with E-state index in [2.05, 4.69) is 153 Å². The summed E-state index contributed by atoms with van der Waals surface area (Å²) in [5, 5.41) is 33.1. The molecule has 6 heteroatoms. The Morgan fingerprint density at radius 1 is 0.367 bits per heavy atom. The summed E-state index contributed by atoms with van der Waals surface area (Å²) < 4.78 is 13.0. The number of furan rings is 1. The van der Waals surface area contributed by atoms with E-state index in [-0.39, 0.29) is 0 Å². The lowest BCUT2D eigenvalue weighted by molar-refractivity contribution is 0.669. The minimum absolute atomic E-state index is 0.453. The van der Waals surface area contributed by atoms with Gasteiger partial charge in [0.25, 0.3) is 0 Å². The molecular formula is C54H29N5O. The van der Waals surface area contributed by atoms with E-state index < -0.39 is 0 Å². The lowest BCUT2D eigenvalue weighted by atomic mass is 10.0. The fourth-order valence-electron chi connectivity index (χ4n) is 10.0. The molecule has 0 saturated heterocycles. The molecule has 0 aliphatic rings. The number of aromatic nitrogens is 3. The Morgan fingerprint density at radius 2 is 0.917 bits per heavy atom. The quantitative estimate of drug-likeness (QED) is 0.180. The van der Waals surface area contributed by atoms with Gasteiger partial charge < -0.3 is 18.1 Å². The van der Waals surface area contributed by atoms with Crippen molar-refractivity contribution in [3.05, 3.63) is 187 Å². The molecule has 6 nitrogen and oxygen atoms in total. The maximum absolute atomic E-state index is 11.1. The van der Waals surface area contributed by atoms with Crippen molar-refractivity contribution in [1.29, 1.82) is 10.5 Å². The first-order valence-corrected chi connectivity index (χ1v) is 20.0. The number of nitriles is 2. The zero-order chi connectivity index (χ0) is 39.6. The smallest absolute Gasteiger partial charge is 0.137 e. The highest BCUT2D eigenvalue weighted by Gasteiger charge is 2.24. The molecule has 276 valence electrons. The molecule has 0 bridgehead atoms. The number of hydrogen-bond acceptors (Lipinski definition) is 3. The van der Waals surface area contributed by atoms with Crippen molar-refractivity contribution < 1.29 is 4.42 Å². The van der Waals surface area contributed by atoms with Crippen molar-refractivity contribution in [2.75, 3.05) is 0 Å². The Hall–Kier alpha value is -8.58. The average Bonchev–Trinajstić information content (AvgIpc) is 4.04. The second kappa shape index (κ2) is 12.0. The van der Waals surface area contributed by atoms with Gasteiger partial charge in [0.1, 0.15) is 23.3 Å². The van der Waals surface area contributed by atoms with E-state index >= 15 is 0 Å². The molecule has 0 aliphatic heterocycles. The standard InChI is InChI=1S/C54H29N5O/c55-30-33-28-49(59-45-19-9-5-15-39(45)40-23-26-51-53(54(40)59)41-16-6-10-20-50(41)60-51)34(31-56)27-48(33)58-46-25-22-35(29-42(46)52-36-12-2-1-11-32(36)21-24-47(52)58)57-43-17-7-3-13-37(43)38-14-4-8-18-44(38)57/h1-29H. The predicted octanol–water partition coefficient (Wildman–Crippen LogP) is 13.8. The van der Waals surface area contributed by atoms with Crippen LogP contribution in [0, 0.1) is 22.7 Å². The van der Waals surface area contributed by atoms with E-state index in [4.69, 9.17) is 4.42 Å². The van der Waals surface area contributed by atoms with Gasteiger partial charge in [-0.05, 0) is 83.6 Å². The average molecular weight is 764 g/mol. The number of rotatable bonds is 3. The van der Waals surface area contributed by atoms with Gasteiger partial charge in [0.15, 0.2) is 0 Å². The molecule has 0 amide bonds. The zero-order valence-corrected chi connectivity index (χ0v) is 31.9. The van der Waals surface area contributed by atoms with Gasteiger partial charge in [-0.15, -0.1) is 0 Å². The Bertz CT molecular complexity index is 4050. The first kappa shape index (κ1) is 32.5. The van der Waals surface area contributed by atoms with Gasteiger partial charge in [-0.25, -0.2) is 0 Å². The number of hydrogen-bond donors (Lipinski definition) is 0. The summed E-state index contributed by atoms with van der Waals surface area (Å²) in [5.41, 5.74) is 10.9. The second-order valence-corrected chi connectivity index (χ2v) is 15.5. The molecule has 4 heterocycles. The summed E-state index contributed by atoms with van der Waals surface area (Å²) in [5.74, 6) is 0. The van der Waals surface area contributed by atoms with Gasteiger partial charge in [0, 0.05) is 43.4 Å². The zero-order valence-electron chi connectivity index (χ0n) is 31.9. The van der Waals surface area contributed by atoms with E-state index in [1.807, 2.05) is 48.5 Å². The summed E-state index contributed by atoms with van der Waals surface area (Å²) >= 11 is 0. The minimum Gasteiger partial charge on any atom is -0.456 e. The van der Waals surface area contributed by atoms with Crippen LogP contribution in [0.25, 0.3) is 115 Å². The molecule has 0 fully saturated rings. The maximum Gasteiger partial charge on any atom is 0.137 e. The van der Waals surface area contributed by atoms with Gasteiger partial charge in [-0.3, -0.25) is 0 Å². The summed E-state index contributed by atoms with van der Waals surface area (Å²) in [7, 11) is 0. The second-order valence-electron chi connectivity index (χ2n) is 15.5. The molecule has 0 N–H and O–H groups in total. The van der Waals surface area contributed by atoms with Crippen molar-refractivity contribution >= 4 is 98.1 Å². The van der Waals surface area contributed by atoms with Crippen LogP contribution in [-0.2, 0) is 0 Å². The molecule has 9 aromatic carbocycles. The summed E-state index contributed by atoms with van der Waals surface area (Å²) in [4.78, 5) is 0. The van der Waals surface area contributed by atoms with Crippen LogP contribution in [0.3, 0.4) is 0 Å². The van der Waals surface area contributed by atoms with Crippen LogP contribution in [0.1, 0.15) is 11.1 Å². The summed E-state index contributed by atoms with van der Waals surface area (Å²) in [6, 6.07) is 65.8. The molecule has 0 aliphatic carbocycles. The lowest BCUT2D eigenvalue weighted by Crippen LogP contribution is -2.04. The van der Waals surface area contributed by atoms with Crippen LogP contribution >= 0.6 is 0 Å². The number of fused-ring (bicyclic) bond motifs is 15. The normalized spacial score (nSPS) is 12.0. The van der Waals surface area contributed by atoms with E-state index in [1.54, 1.807) is 0 Å². The third-order valence-corrected chi connectivity index (χ3v) is 12.5. The van der Waals surface area contributed by atoms with Gasteiger partial charge in [0.05, 0.1) is 61.0 Å². The van der Waals surface area contributed by atoms with Crippen LogP contribution in [0.15, 0.2) is 180 Å². The van der Waals surface area contributed by atoms with Crippen molar-refractivity contribution in [3.63, 3.8) is 0 Å². The fraction of sp³-hybridized carbons (Fsp3) is 0. The number of nitrogens with zero attached hydrogens (tertiary/aromatic N) is 5. The molecule has 13 rings (SSSR count). The van der Waals surface area contributed by atoms with Crippen molar-refractivity contribution in [3.8, 4) is 29.2 Å². The Balaban J connectivity index is 1.12. The lowest BCUT2D eigenvalue weighted by Gasteiger charge is -2.16. The molecule has 0 atom stereocenters. The molecule has 0 radical (unpaired) electrons. The Kier molecular flexibility index (Phi) is 6.48. The number of benzene rings is 9. The Morgan fingerprint density at radius 3 is 1.62 bits per heavy atom. The first-order chi connectivity index (χ1) is 29.7. The summed E-state index contributed by atoms with van der Waals surface area (Å²) in [6.07, 6.45) is 0. The highest BCUT2D eigenvalue weighted by molar-refractivity contribution is 6.25. The molecule has 13 aromatic rings. The minimum atomic E-state index is 0.453. The molecule has 60 heavy (non-hydrogen) atoms. The van der Waals surface area contributed by atoms with E-state index in [0.29, 0.717) is 22.5 Å². The van der Waals surface area contributed by atoms with Crippen LogP contribution in [0.5, 0.6) is 0 Å². The monoisotopic (exact) mass is 763 g/mol. The maximum atomic E-state index is 11.1. The third kappa shape index (κ3) is 4.23. The molecule has 0 spiro atoms. The fourth-order valence-corrected chi connectivity index (χ4v) is 10.0. The molecule has 4 aromatic heterocycles. The summed E-state index contributed by atoms with van der Waals surface area (Å²) in [6.45, 7) is 0. The highest BCUT2D eigenvalue weighted by Crippen LogP contribution is 2.44. The van der Waals surface area contributed by atoms with Crippen molar-refractivity contribution in [1.82, 2.24) is 13.7 Å². The van der Waals surface area contributed by atoms with Gasteiger partial charge >= 0.3 is 0 Å². The van der Waals surface area contributed by atoms with Crippen LogP contribution in [-0.4, -0.2) is 13.7 Å². The van der Waals surface area contributed by atoms with Gasteiger partial charge in [-0.1, -0.05) is 103 Å². The predicted molar refractivity (Wildman–Crippen MR) is 244 cm³/mol. The number of para-hydroxylation sites is 4. The highest BCUT2D eigenvalue weighted by atomic mass is 16.3. The third-order valence-electron chi connectivity index (χ3n) is 12.5. The van der Waals surface area contributed by atoms with Crippen LogP contribution in [0.4, 0.5) is 0 Å². The molecular weight excluding hydrogens is 735 g/mol. The molecule has 0 saturated carbocycles. The van der Waals surface area contributed by atoms with Crippen molar-refractivity contribution in [2.45, 2.75) is 0 Å². The van der Waals surface area contributed by atoms with Crippen LogP contribution in [0.2, 0.25) is 0 Å². The van der Waals surface area contributed by atoms with Crippen molar-refractivity contribution in [2.24, 2.45) is 0 Å². The van der Waals surface area contributed by atoms with Gasteiger partial charge in [0.2, 0.25) is 0 Å². The van der Waals surface area contributed by atoms with Gasteiger partial charge in [-0.2, -0.15) is 10.5 Å². The largest absolute Gasteiger partial charge is 0.456 e. The van der Waals surface area contributed by atoms with E-state index in [0.717, 1.165) is 93.0 Å². The Labute approximate surface area is 341 Å². The first-order valence-electron chi connectivity index (χ1n) is 20.0. The van der Waals surface area contributed by atoms with E-state index in [1.165, 1.54) is 10.8 Å². The molecule has 0 unspecified atom stereocenters. The topological polar surface area (TPSA) is 75.5 Å². The van der Waals surface area contributed by atoms with E-state index in [9.17, 15) is 10.5 Å². The van der Waals surface area contributed by atoms with Crippen LogP contribution < -0.4 is 0 Å². The SMILES string of the molecule is N#Cc1cc(-n2c3ccccc3c3ccc4oc5ccccc5c4c32)c(C#N)cc1-n1c2ccc(-n3c4ccccc4c4ccccc43)cc2c2c3ccccc3ccc21.